The third kappa shape index (κ3) is 3.37. The third-order valence-electron chi connectivity index (χ3n) is 3.42. The first kappa shape index (κ1) is 13.2. The molecule has 3 N–H and O–H groups in total. The van der Waals surface area contributed by atoms with Crippen LogP contribution in [0.3, 0.4) is 0 Å². The van der Waals surface area contributed by atoms with E-state index in [-0.39, 0.29) is 6.04 Å². The lowest BCUT2D eigenvalue weighted by atomic mass is 9.95. The lowest BCUT2D eigenvalue weighted by Gasteiger charge is -2.20. The van der Waals surface area contributed by atoms with Crippen molar-refractivity contribution in [1.82, 2.24) is 15.4 Å². The maximum absolute atomic E-state index is 5.69. The third-order valence-corrected chi connectivity index (χ3v) is 3.42. The van der Waals surface area contributed by atoms with Crippen LogP contribution in [0.1, 0.15) is 56.0 Å². The van der Waals surface area contributed by atoms with Crippen molar-refractivity contribution in [3.8, 4) is 0 Å². The second-order valence-electron chi connectivity index (χ2n) is 4.95. The largest absolute Gasteiger partial charge is 0.270 e. The monoisotopic (exact) mass is 246 g/mol. The minimum absolute atomic E-state index is 0.0382. The molecule has 0 spiro atoms. The highest BCUT2D eigenvalue weighted by Gasteiger charge is 2.18. The summed E-state index contributed by atoms with van der Waals surface area (Å²) < 4.78 is 0. The highest BCUT2D eigenvalue weighted by molar-refractivity contribution is 5.18. The molecule has 1 aromatic heterocycles. The molecule has 98 valence electrons. The summed E-state index contributed by atoms with van der Waals surface area (Å²) in [7, 11) is 0. The zero-order chi connectivity index (χ0) is 12.8. The Morgan fingerprint density at radius 1 is 1.17 bits per heavy atom. The number of rotatable bonds is 3. The van der Waals surface area contributed by atoms with E-state index in [1.165, 1.54) is 31.3 Å². The minimum Gasteiger partial charge on any atom is -0.270 e. The molecule has 0 radical (unpaired) electrons. The fourth-order valence-corrected chi connectivity index (χ4v) is 2.38. The van der Waals surface area contributed by atoms with Crippen LogP contribution in [-0.2, 0) is 0 Å². The molecule has 1 aromatic rings. The zero-order valence-electron chi connectivity index (χ0n) is 11.0. The molecule has 1 atom stereocenters. The molecule has 0 saturated carbocycles. The first-order valence-corrected chi connectivity index (χ1v) is 6.75. The second kappa shape index (κ2) is 6.61. The summed E-state index contributed by atoms with van der Waals surface area (Å²) in [5.74, 6) is 6.47. The van der Waals surface area contributed by atoms with E-state index in [1.807, 2.05) is 19.3 Å². The van der Waals surface area contributed by atoms with E-state index in [9.17, 15) is 0 Å². The van der Waals surface area contributed by atoms with Gasteiger partial charge in [-0.2, -0.15) is 0 Å². The van der Waals surface area contributed by atoms with E-state index in [0.717, 1.165) is 24.2 Å². The number of nitrogens with one attached hydrogen (secondary N) is 1. The van der Waals surface area contributed by atoms with E-state index < -0.39 is 0 Å². The van der Waals surface area contributed by atoms with Crippen LogP contribution in [0.2, 0.25) is 0 Å². The predicted octanol–water partition coefficient (Wildman–Crippen LogP) is 2.57. The molecule has 1 unspecified atom stereocenters. The average Bonchev–Trinajstić information content (AvgIpc) is 2.34. The van der Waals surface area contributed by atoms with Crippen LogP contribution < -0.4 is 11.3 Å². The van der Waals surface area contributed by atoms with E-state index in [1.54, 1.807) is 0 Å². The van der Waals surface area contributed by atoms with E-state index in [4.69, 9.17) is 5.84 Å². The number of nitrogens with two attached hydrogens (primary N) is 1. The molecule has 0 fully saturated rings. The maximum atomic E-state index is 5.69. The van der Waals surface area contributed by atoms with Crippen molar-refractivity contribution in [3.63, 3.8) is 0 Å². The molecule has 1 aliphatic carbocycles. The van der Waals surface area contributed by atoms with Crippen molar-refractivity contribution in [2.45, 2.75) is 51.5 Å². The molecule has 4 heteroatoms. The van der Waals surface area contributed by atoms with Crippen LogP contribution in [0.15, 0.2) is 24.0 Å². The van der Waals surface area contributed by atoms with Crippen molar-refractivity contribution in [1.29, 1.82) is 0 Å². The fraction of sp³-hybridized carbons (Fsp3) is 0.571. The SMILES string of the molecule is Cc1cnc(C(NN)C2=CCCCCCC2)nc1. The number of hydrogen-bond acceptors (Lipinski definition) is 4. The Morgan fingerprint density at radius 2 is 1.89 bits per heavy atom. The van der Waals surface area contributed by atoms with Gasteiger partial charge in [0.15, 0.2) is 5.82 Å². The van der Waals surface area contributed by atoms with E-state index in [2.05, 4.69) is 21.5 Å². The van der Waals surface area contributed by atoms with E-state index >= 15 is 0 Å². The van der Waals surface area contributed by atoms with Gasteiger partial charge >= 0.3 is 0 Å². The first-order valence-electron chi connectivity index (χ1n) is 6.75. The fourth-order valence-electron chi connectivity index (χ4n) is 2.38. The summed E-state index contributed by atoms with van der Waals surface area (Å²) in [6.45, 7) is 1.99. The Labute approximate surface area is 109 Å². The van der Waals surface area contributed by atoms with Gasteiger partial charge in [0.25, 0.3) is 0 Å². The van der Waals surface area contributed by atoms with Crippen LogP contribution in [0.25, 0.3) is 0 Å². The molecule has 1 aliphatic rings. The zero-order valence-corrected chi connectivity index (χ0v) is 11.0. The number of allylic oxidation sites excluding steroid dienone is 1. The smallest absolute Gasteiger partial charge is 0.150 e. The normalized spacial score (nSPS) is 18.7. The van der Waals surface area contributed by atoms with Gasteiger partial charge in [-0.05, 0) is 43.7 Å². The summed E-state index contributed by atoms with van der Waals surface area (Å²) in [6.07, 6.45) is 13.4. The molecular weight excluding hydrogens is 224 g/mol. The Morgan fingerprint density at radius 3 is 2.61 bits per heavy atom. The molecule has 0 amide bonds. The Balaban J connectivity index is 2.18. The topological polar surface area (TPSA) is 63.8 Å². The van der Waals surface area contributed by atoms with Gasteiger partial charge in [0.1, 0.15) is 6.04 Å². The van der Waals surface area contributed by atoms with Gasteiger partial charge in [-0.3, -0.25) is 5.84 Å². The standard InChI is InChI=1S/C14H22N4/c1-11-9-16-14(17-10-11)13(18-15)12-7-5-3-2-4-6-8-12/h7,9-10,13,18H,2-6,8,15H2,1H3. The quantitative estimate of drug-likeness (QED) is 0.489. The van der Waals surface area contributed by atoms with Crippen molar-refractivity contribution >= 4 is 0 Å². The van der Waals surface area contributed by atoms with Gasteiger partial charge in [-0.15, -0.1) is 0 Å². The summed E-state index contributed by atoms with van der Waals surface area (Å²) in [5.41, 5.74) is 5.27. The van der Waals surface area contributed by atoms with Crippen molar-refractivity contribution < 1.29 is 0 Å². The highest BCUT2D eigenvalue weighted by Crippen LogP contribution is 2.26. The molecule has 0 bridgehead atoms. The van der Waals surface area contributed by atoms with Crippen LogP contribution >= 0.6 is 0 Å². The van der Waals surface area contributed by atoms with Gasteiger partial charge in [-0.25, -0.2) is 15.4 Å². The van der Waals surface area contributed by atoms with Gasteiger partial charge in [0.2, 0.25) is 0 Å². The van der Waals surface area contributed by atoms with E-state index in [0.29, 0.717) is 0 Å². The lowest BCUT2D eigenvalue weighted by molar-refractivity contribution is 0.537. The summed E-state index contributed by atoms with van der Waals surface area (Å²) in [4.78, 5) is 8.77. The van der Waals surface area contributed by atoms with Crippen molar-refractivity contribution in [2.75, 3.05) is 0 Å². The molecule has 1 heterocycles. The molecule has 0 aliphatic heterocycles. The lowest BCUT2D eigenvalue weighted by Crippen LogP contribution is -2.31. The summed E-state index contributed by atoms with van der Waals surface area (Å²) in [5, 5.41) is 0. The van der Waals surface area contributed by atoms with Gasteiger partial charge < -0.3 is 0 Å². The van der Waals surface area contributed by atoms with Gasteiger partial charge in [-0.1, -0.05) is 18.9 Å². The highest BCUT2D eigenvalue weighted by atomic mass is 15.2. The summed E-state index contributed by atoms with van der Waals surface area (Å²) in [6, 6.07) is -0.0382. The Kier molecular flexibility index (Phi) is 4.84. The number of nitrogens with zero attached hydrogens (tertiary/aromatic N) is 2. The summed E-state index contributed by atoms with van der Waals surface area (Å²) >= 11 is 0. The molecule has 0 aromatic carbocycles. The van der Waals surface area contributed by atoms with Crippen LogP contribution in [0, 0.1) is 6.92 Å². The second-order valence-corrected chi connectivity index (χ2v) is 4.95. The Bertz CT molecular complexity index is 397. The Hall–Kier alpha value is -1.26. The number of hydrazine groups is 1. The van der Waals surface area contributed by atoms with Crippen molar-refractivity contribution in [2.24, 2.45) is 5.84 Å². The van der Waals surface area contributed by atoms with Crippen LogP contribution in [0.5, 0.6) is 0 Å². The van der Waals surface area contributed by atoms with Crippen LogP contribution in [0.4, 0.5) is 0 Å². The molecule has 0 saturated heterocycles. The first-order chi connectivity index (χ1) is 8.81. The number of hydrogen-bond donors (Lipinski definition) is 2. The van der Waals surface area contributed by atoms with Gasteiger partial charge in [0.05, 0.1) is 0 Å². The molecule has 18 heavy (non-hydrogen) atoms. The number of aromatic nitrogens is 2. The molecule has 4 nitrogen and oxygen atoms in total. The maximum Gasteiger partial charge on any atom is 0.150 e. The van der Waals surface area contributed by atoms with Crippen LogP contribution in [-0.4, -0.2) is 9.97 Å². The number of aryl methyl sites for hydroxylation is 1. The molecule has 2 rings (SSSR count). The minimum atomic E-state index is -0.0382. The average molecular weight is 246 g/mol. The van der Waals surface area contributed by atoms with Gasteiger partial charge in [0, 0.05) is 12.4 Å². The predicted molar refractivity (Wildman–Crippen MR) is 72.6 cm³/mol. The molecular formula is C14H22N4. The van der Waals surface area contributed by atoms with Crippen molar-refractivity contribution in [3.05, 3.63) is 35.4 Å².